The molecule has 0 radical (unpaired) electrons. The van der Waals surface area contributed by atoms with Crippen molar-refractivity contribution in [2.24, 2.45) is 5.73 Å². The van der Waals surface area contributed by atoms with Crippen LogP contribution in [0.1, 0.15) is 39.0 Å². The number of amides is 1. The van der Waals surface area contributed by atoms with Crippen molar-refractivity contribution in [3.63, 3.8) is 0 Å². The van der Waals surface area contributed by atoms with Crippen molar-refractivity contribution in [2.45, 2.75) is 25.3 Å². The van der Waals surface area contributed by atoms with E-state index in [0.717, 1.165) is 36.0 Å². The highest BCUT2D eigenvalue weighted by Gasteiger charge is 2.18. The average molecular weight is 459 g/mol. The molecule has 0 aliphatic heterocycles. The molecule has 0 aliphatic carbocycles. The molecule has 0 fully saturated rings. The molecule has 0 aromatic heterocycles. The largest absolute Gasteiger partial charge is 0.388 e. The van der Waals surface area contributed by atoms with Crippen LogP contribution in [0.2, 0.25) is 0 Å². The monoisotopic (exact) mass is 458 g/mol. The van der Waals surface area contributed by atoms with Gasteiger partial charge in [-0.15, -0.1) is 0 Å². The maximum Gasteiger partial charge on any atom is 0.251 e. The van der Waals surface area contributed by atoms with Gasteiger partial charge in [0, 0.05) is 23.2 Å². The van der Waals surface area contributed by atoms with Gasteiger partial charge in [0.1, 0.15) is 18.5 Å². The summed E-state index contributed by atoms with van der Waals surface area (Å²) >= 11 is 0. The summed E-state index contributed by atoms with van der Waals surface area (Å²) in [6, 6.07) is 20.5. The molecule has 0 bridgehead atoms. The Morgan fingerprint density at radius 1 is 0.912 bits per heavy atom. The molecule has 5 nitrogen and oxygen atoms in total. The van der Waals surface area contributed by atoms with Gasteiger partial charge in [0.15, 0.2) is 5.78 Å². The summed E-state index contributed by atoms with van der Waals surface area (Å²) in [5, 5.41) is 11.4. The van der Waals surface area contributed by atoms with Gasteiger partial charge >= 0.3 is 0 Å². The van der Waals surface area contributed by atoms with Crippen molar-refractivity contribution in [1.29, 1.82) is 0 Å². The number of aliphatic hydroxyl groups excluding tert-OH is 1. The first-order chi connectivity index (χ1) is 16.5. The molecule has 0 heterocycles. The van der Waals surface area contributed by atoms with Crippen molar-refractivity contribution >= 4 is 11.7 Å². The number of aliphatic hydroxyl groups is 1. The maximum absolute atomic E-state index is 13.3. The van der Waals surface area contributed by atoms with E-state index >= 15 is 0 Å². The van der Waals surface area contributed by atoms with Crippen LogP contribution in [-0.2, 0) is 17.6 Å². The van der Waals surface area contributed by atoms with Crippen LogP contribution in [-0.4, -0.2) is 36.0 Å². The topological polar surface area (TPSA) is 92.4 Å². The van der Waals surface area contributed by atoms with Gasteiger partial charge in [-0.2, -0.15) is 0 Å². The normalized spacial score (nSPS) is 11.3. The number of ketones is 1. The molecule has 174 valence electrons. The smallest absolute Gasteiger partial charge is 0.251 e. The van der Waals surface area contributed by atoms with Crippen LogP contribution in [0.5, 0.6) is 0 Å². The summed E-state index contributed by atoms with van der Waals surface area (Å²) in [4.78, 5) is 23.8. The van der Waals surface area contributed by atoms with E-state index in [4.69, 9.17) is 10.8 Å². The van der Waals surface area contributed by atoms with Crippen LogP contribution < -0.4 is 11.1 Å². The third-order valence-electron chi connectivity index (χ3n) is 5.36. The highest BCUT2D eigenvalue weighted by molar-refractivity contribution is 5.98. The van der Waals surface area contributed by atoms with Crippen molar-refractivity contribution < 1.29 is 19.1 Å². The first-order valence-corrected chi connectivity index (χ1v) is 11.1. The highest BCUT2D eigenvalue weighted by atomic mass is 19.1. The van der Waals surface area contributed by atoms with Gasteiger partial charge in [-0.25, -0.2) is 4.39 Å². The summed E-state index contributed by atoms with van der Waals surface area (Å²) in [5.41, 5.74) is 9.68. The Labute approximate surface area is 198 Å². The third kappa shape index (κ3) is 7.38. The molecule has 34 heavy (non-hydrogen) atoms. The fraction of sp³-hybridized carbons (Fsp3) is 0.214. The number of hydrogen-bond donors (Lipinski definition) is 3. The zero-order chi connectivity index (χ0) is 24.3. The second kappa shape index (κ2) is 12.4. The lowest BCUT2D eigenvalue weighted by atomic mass is 10.0. The Balaban J connectivity index is 1.53. The number of halogens is 1. The van der Waals surface area contributed by atoms with Gasteiger partial charge in [-0.1, -0.05) is 36.1 Å². The van der Waals surface area contributed by atoms with E-state index < -0.39 is 24.3 Å². The van der Waals surface area contributed by atoms with E-state index in [1.165, 1.54) is 11.6 Å². The molecule has 3 aromatic carbocycles. The maximum atomic E-state index is 13.3. The lowest BCUT2D eigenvalue weighted by Gasteiger charge is -2.14. The fourth-order valence-corrected chi connectivity index (χ4v) is 3.42. The van der Waals surface area contributed by atoms with Crippen LogP contribution in [0, 0.1) is 17.7 Å². The summed E-state index contributed by atoms with van der Waals surface area (Å²) < 4.78 is 13.3. The number of rotatable bonds is 9. The number of aryl methyl sites for hydroxylation is 2. The Bertz CT molecular complexity index is 1180. The Morgan fingerprint density at radius 3 is 2.12 bits per heavy atom. The van der Waals surface area contributed by atoms with E-state index in [-0.39, 0.29) is 12.4 Å². The van der Waals surface area contributed by atoms with E-state index in [1.54, 1.807) is 36.4 Å². The Morgan fingerprint density at radius 2 is 1.53 bits per heavy atom. The zero-order valence-corrected chi connectivity index (χ0v) is 18.8. The lowest BCUT2D eigenvalue weighted by molar-refractivity contribution is -0.123. The molecular weight excluding hydrogens is 431 g/mol. The van der Waals surface area contributed by atoms with E-state index in [0.29, 0.717) is 5.56 Å². The lowest BCUT2D eigenvalue weighted by Crippen LogP contribution is -2.46. The number of nitrogens with two attached hydrogens (primary N) is 1. The van der Waals surface area contributed by atoms with E-state index in [1.807, 2.05) is 30.3 Å². The van der Waals surface area contributed by atoms with Crippen molar-refractivity contribution in [3.8, 4) is 11.8 Å². The van der Waals surface area contributed by atoms with Gasteiger partial charge in [0.25, 0.3) is 5.91 Å². The van der Waals surface area contributed by atoms with Crippen LogP contribution in [0.4, 0.5) is 4.39 Å². The molecule has 0 spiro atoms. The van der Waals surface area contributed by atoms with Crippen molar-refractivity contribution in [2.75, 3.05) is 13.2 Å². The Hall–Kier alpha value is -3.79. The highest BCUT2D eigenvalue weighted by Crippen LogP contribution is 2.11. The number of hydrogen-bond acceptors (Lipinski definition) is 4. The van der Waals surface area contributed by atoms with Crippen molar-refractivity contribution in [3.05, 3.63) is 106 Å². The number of Topliss-reactive ketones (excluding diaryl/α,β-unsaturated/α-hetero) is 1. The first-order valence-electron chi connectivity index (χ1n) is 11.1. The van der Waals surface area contributed by atoms with Gasteiger partial charge < -0.3 is 16.2 Å². The first kappa shape index (κ1) is 24.8. The minimum atomic E-state index is -0.915. The molecule has 4 N–H and O–H groups in total. The second-order valence-corrected chi connectivity index (χ2v) is 7.89. The number of benzene rings is 3. The predicted octanol–water partition coefficient (Wildman–Crippen LogP) is 3.02. The molecular formula is C28H27FN2O3. The number of carbonyl (C=O) groups excluding carboxylic acids is 2. The minimum Gasteiger partial charge on any atom is -0.388 e. The molecule has 0 saturated heterocycles. The van der Waals surface area contributed by atoms with Gasteiger partial charge in [0.05, 0.1) is 0 Å². The molecule has 6 heteroatoms. The number of nitrogens with one attached hydrogen (secondary N) is 1. The summed E-state index contributed by atoms with van der Waals surface area (Å²) in [6.07, 6.45) is 2.68. The standard InChI is InChI=1S/C28H27FN2O3/c29-25-6-2-5-23(17-25)4-1-3-20-7-9-21(10-8-20)11-12-22-13-15-24(16-14-22)28(34)31-26(18-30)27(33)19-32/h2,5-10,13-17,26,32H,1,3-4,18-19,30H2,(H,31,34)/t26-/m0/s1. The van der Waals surface area contributed by atoms with Crippen LogP contribution >= 0.6 is 0 Å². The second-order valence-electron chi connectivity index (χ2n) is 7.89. The third-order valence-corrected chi connectivity index (χ3v) is 5.36. The SMILES string of the molecule is NC[C@H](NC(=O)c1ccc(C#Cc2ccc(CCCc3cccc(F)c3)cc2)cc1)C(=O)CO. The van der Waals surface area contributed by atoms with E-state index in [9.17, 15) is 14.0 Å². The van der Waals surface area contributed by atoms with Crippen LogP contribution in [0.15, 0.2) is 72.8 Å². The van der Waals surface area contributed by atoms with Gasteiger partial charge in [-0.05, 0) is 78.9 Å². The van der Waals surface area contributed by atoms with Crippen LogP contribution in [0.3, 0.4) is 0 Å². The molecule has 1 amide bonds. The quantitative estimate of drug-likeness (QED) is 0.430. The summed E-state index contributed by atoms with van der Waals surface area (Å²) in [7, 11) is 0. The number of carbonyl (C=O) groups is 2. The summed E-state index contributed by atoms with van der Waals surface area (Å²) in [6.45, 7) is -0.757. The van der Waals surface area contributed by atoms with E-state index in [2.05, 4.69) is 17.2 Å². The zero-order valence-electron chi connectivity index (χ0n) is 18.8. The predicted molar refractivity (Wildman–Crippen MR) is 130 cm³/mol. The molecule has 0 saturated carbocycles. The molecule has 3 rings (SSSR count). The molecule has 0 aliphatic rings. The Kier molecular flexibility index (Phi) is 9.10. The fourth-order valence-electron chi connectivity index (χ4n) is 3.42. The molecule has 3 aromatic rings. The van der Waals surface area contributed by atoms with Gasteiger partial charge in [-0.3, -0.25) is 9.59 Å². The average Bonchev–Trinajstić information content (AvgIpc) is 2.86. The molecule has 1 atom stereocenters. The van der Waals surface area contributed by atoms with Crippen LogP contribution in [0.25, 0.3) is 0 Å². The van der Waals surface area contributed by atoms with Crippen molar-refractivity contribution in [1.82, 2.24) is 5.32 Å². The summed E-state index contributed by atoms with van der Waals surface area (Å²) in [5.74, 6) is 5.01. The van der Waals surface area contributed by atoms with Gasteiger partial charge in [0.2, 0.25) is 0 Å². The minimum absolute atomic E-state index is 0.0828. The molecule has 0 unspecified atom stereocenters.